The summed E-state index contributed by atoms with van der Waals surface area (Å²) < 4.78 is 0. The molecule has 1 N–H and O–H groups in total. The standard InChI is InChI=1S/C20H18N2O/c1-14-12-15(2)20-17(13-14)18(10-11-21-20)22-19(23)9-8-16-6-4-3-5-7-16/h3-13H,1-2H3,(H,21,22,23)/b9-8+. The van der Waals surface area contributed by atoms with Crippen molar-refractivity contribution >= 4 is 28.6 Å². The molecular weight excluding hydrogens is 284 g/mol. The zero-order valence-electron chi connectivity index (χ0n) is 13.2. The molecule has 114 valence electrons. The number of benzene rings is 2. The molecule has 1 amide bonds. The van der Waals surface area contributed by atoms with Gasteiger partial charge in [-0.3, -0.25) is 9.78 Å². The Labute approximate surface area is 135 Å². The van der Waals surface area contributed by atoms with Gasteiger partial charge in [0.2, 0.25) is 5.91 Å². The van der Waals surface area contributed by atoms with Gasteiger partial charge in [-0.2, -0.15) is 0 Å². The Balaban J connectivity index is 1.87. The number of nitrogens with zero attached hydrogens (tertiary/aromatic N) is 1. The summed E-state index contributed by atoms with van der Waals surface area (Å²) >= 11 is 0. The van der Waals surface area contributed by atoms with E-state index in [0.717, 1.165) is 33.3 Å². The molecule has 3 rings (SSSR count). The summed E-state index contributed by atoms with van der Waals surface area (Å²) in [6, 6.07) is 15.7. The van der Waals surface area contributed by atoms with Crippen LogP contribution in [0.5, 0.6) is 0 Å². The fourth-order valence-corrected chi connectivity index (χ4v) is 2.63. The van der Waals surface area contributed by atoms with Gasteiger partial charge in [-0.25, -0.2) is 0 Å². The summed E-state index contributed by atoms with van der Waals surface area (Å²) in [5.41, 5.74) is 4.95. The minimum Gasteiger partial charge on any atom is -0.322 e. The predicted octanol–water partition coefficient (Wildman–Crippen LogP) is 4.50. The number of aryl methyl sites for hydroxylation is 2. The normalized spacial score (nSPS) is 11.0. The van der Waals surface area contributed by atoms with Gasteiger partial charge in [0.1, 0.15) is 0 Å². The molecule has 0 aliphatic carbocycles. The second-order valence-electron chi connectivity index (χ2n) is 5.57. The Kier molecular flexibility index (Phi) is 4.20. The highest BCUT2D eigenvalue weighted by Crippen LogP contribution is 2.25. The molecule has 0 atom stereocenters. The maximum atomic E-state index is 12.2. The van der Waals surface area contributed by atoms with E-state index in [4.69, 9.17) is 0 Å². The van der Waals surface area contributed by atoms with Crippen molar-refractivity contribution in [2.75, 3.05) is 5.32 Å². The Bertz CT molecular complexity index is 883. The summed E-state index contributed by atoms with van der Waals surface area (Å²) in [4.78, 5) is 16.6. The highest BCUT2D eigenvalue weighted by molar-refractivity contribution is 6.07. The summed E-state index contributed by atoms with van der Waals surface area (Å²) in [5.74, 6) is -0.152. The third kappa shape index (κ3) is 3.46. The minimum atomic E-state index is -0.152. The van der Waals surface area contributed by atoms with Crippen LogP contribution in [0.2, 0.25) is 0 Å². The molecule has 0 unspecified atom stereocenters. The summed E-state index contributed by atoms with van der Waals surface area (Å²) in [7, 11) is 0. The number of hydrogen-bond donors (Lipinski definition) is 1. The van der Waals surface area contributed by atoms with Crippen LogP contribution < -0.4 is 5.32 Å². The molecule has 3 heteroatoms. The molecule has 0 bridgehead atoms. The topological polar surface area (TPSA) is 42.0 Å². The van der Waals surface area contributed by atoms with Crippen molar-refractivity contribution in [3.8, 4) is 0 Å². The van der Waals surface area contributed by atoms with Gasteiger partial charge in [-0.1, -0.05) is 42.0 Å². The first-order valence-corrected chi connectivity index (χ1v) is 7.53. The lowest BCUT2D eigenvalue weighted by Gasteiger charge is -2.09. The molecule has 2 aromatic carbocycles. The number of anilines is 1. The number of rotatable bonds is 3. The van der Waals surface area contributed by atoms with E-state index < -0.39 is 0 Å². The lowest BCUT2D eigenvalue weighted by molar-refractivity contribution is -0.111. The van der Waals surface area contributed by atoms with Crippen LogP contribution in [-0.4, -0.2) is 10.9 Å². The van der Waals surface area contributed by atoms with Crippen LogP contribution in [0.1, 0.15) is 16.7 Å². The van der Waals surface area contributed by atoms with E-state index in [-0.39, 0.29) is 5.91 Å². The summed E-state index contributed by atoms with van der Waals surface area (Å²) in [6.07, 6.45) is 5.07. The smallest absolute Gasteiger partial charge is 0.248 e. The Hall–Kier alpha value is -2.94. The van der Waals surface area contributed by atoms with Gasteiger partial charge in [-0.05, 0) is 43.2 Å². The molecular formula is C20H18N2O. The zero-order chi connectivity index (χ0) is 16.2. The average Bonchev–Trinajstić information content (AvgIpc) is 2.55. The van der Waals surface area contributed by atoms with E-state index in [9.17, 15) is 4.79 Å². The van der Waals surface area contributed by atoms with Gasteiger partial charge >= 0.3 is 0 Å². The number of aromatic nitrogens is 1. The van der Waals surface area contributed by atoms with Gasteiger partial charge in [0.25, 0.3) is 0 Å². The highest BCUT2D eigenvalue weighted by atomic mass is 16.1. The predicted molar refractivity (Wildman–Crippen MR) is 95.3 cm³/mol. The van der Waals surface area contributed by atoms with Crippen LogP contribution >= 0.6 is 0 Å². The van der Waals surface area contributed by atoms with E-state index in [1.165, 1.54) is 0 Å². The first-order valence-electron chi connectivity index (χ1n) is 7.53. The Morgan fingerprint density at radius 1 is 1.09 bits per heavy atom. The van der Waals surface area contributed by atoms with Crippen molar-refractivity contribution in [2.24, 2.45) is 0 Å². The molecule has 3 aromatic rings. The fourth-order valence-electron chi connectivity index (χ4n) is 2.63. The zero-order valence-corrected chi connectivity index (χ0v) is 13.2. The lowest BCUT2D eigenvalue weighted by atomic mass is 10.1. The van der Waals surface area contributed by atoms with Crippen LogP contribution in [0.25, 0.3) is 17.0 Å². The van der Waals surface area contributed by atoms with Crippen LogP contribution in [0, 0.1) is 13.8 Å². The monoisotopic (exact) mass is 302 g/mol. The fraction of sp³-hybridized carbons (Fsp3) is 0.100. The molecule has 0 aliphatic heterocycles. The third-order valence-electron chi connectivity index (χ3n) is 3.66. The van der Waals surface area contributed by atoms with E-state index in [1.54, 1.807) is 18.3 Å². The van der Waals surface area contributed by atoms with Crippen molar-refractivity contribution in [2.45, 2.75) is 13.8 Å². The maximum Gasteiger partial charge on any atom is 0.248 e. The molecule has 1 heterocycles. The van der Waals surface area contributed by atoms with Crippen molar-refractivity contribution in [3.63, 3.8) is 0 Å². The van der Waals surface area contributed by atoms with Gasteiger partial charge in [0, 0.05) is 17.7 Å². The molecule has 0 aliphatic rings. The van der Waals surface area contributed by atoms with Gasteiger partial charge in [-0.15, -0.1) is 0 Å². The minimum absolute atomic E-state index is 0.152. The van der Waals surface area contributed by atoms with Crippen molar-refractivity contribution in [1.29, 1.82) is 0 Å². The molecule has 3 nitrogen and oxygen atoms in total. The molecule has 0 fully saturated rings. The van der Waals surface area contributed by atoms with E-state index in [0.29, 0.717) is 0 Å². The molecule has 0 radical (unpaired) electrons. The van der Waals surface area contributed by atoms with Gasteiger partial charge in [0.15, 0.2) is 0 Å². The second kappa shape index (κ2) is 6.44. The molecule has 0 saturated carbocycles. The molecule has 1 aromatic heterocycles. The van der Waals surface area contributed by atoms with Crippen LogP contribution in [-0.2, 0) is 4.79 Å². The van der Waals surface area contributed by atoms with Gasteiger partial charge < -0.3 is 5.32 Å². The SMILES string of the molecule is Cc1cc(C)c2nccc(NC(=O)/C=C/c3ccccc3)c2c1. The Morgan fingerprint density at radius 3 is 2.65 bits per heavy atom. The van der Waals surface area contributed by atoms with Crippen molar-refractivity contribution in [1.82, 2.24) is 4.98 Å². The number of carbonyl (C=O) groups excluding carboxylic acids is 1. The van der Waals surface area contributed by atoms with E-state index >= 15 is 0 Å². The van der Waals surface area contributed by atoms with Crippen LogP contribution in [0.4, 0.5) is 5.69 Å². The van der Waals surface area contributed by atoms with E-state index in [2.05, 4.69) is 16.4 Å². The maximum absolute atomic E-state index is 12.2. The third-order valence-corrected chi connectivity index (χ3v) is 3.66. The van der Waals surface area contributed by atoms with Crippen molar-refractivity contribution in [3.05, 3.63) is 77.5 Å². The first kappa shape index (κ1) is 15.0. The number of carbonyl (C=O) groups is 1. The van der Waals surface area contributed by atoms with Crippen LogP contribution in [0.15, 0.2) is 60.8 Å². The first-order chi connectivity index (χ1) is 11.1. The number of nitrogens with one attached hydrogen (secondary N) is 1. The highest BCUT2D eigenvalue weighted by Gasteiger charge is 2.07. The van der Waals surface area contributed by atoms with Gasteiger partial charge in [0.05, 0.1) is 11.2 Å². The summed E-state index contributed by atoms with van der Waals surface area (Å²) in [6.45, 7) is 4.07. The molecule has 0 spiro atoms. The second-order valence-corrected chi connectivity index (χ2v) is 5.57. The molecule has 0 saturated heterocycles. The Morgan fingerprint density at radius 2 is 1.87 bits per heavy atom. The average molecular weight is 302 g/mol. The summed E-state index contributed by atoms with van der Waals surface area (Å²) in [5, 5.41) is 3.91. The number of fused-ring (bicyclic) bond motifs is 1. The number of hydrogen-bond acceptors (Lipinski definition) is 2. The number of pyridine rings is 1. The van der Waals surface area contributed by atoms with Crippen molar-refractivity contribution < 1.29 is 4.79 Å². The molecule has 23 heavy (non-hydrogen) atoms. The quantitative estimate of drug-likeness (QED) is 0.724. The van der Waals surface area contributed by atoms with E-state index in [1.807, 2.05) is 56.3 Å². The largest absolute Gasteiger partial charge is 0.322 e. The lowest BCUT2D eigenvalue weighted by Crippen LogP contribution is -2.08. The van der Waals surface area contributed by atoms with Crippen LogP contribution in [0.3, 0.4) is 0 Å². The number of amides is 1.